The molecule has 2 aromatic rings. The Balaban J connectivity index is 1.47. The maximum atomic E-state index is 12.9. The van der Waals surface area contributed by atoms with Crippen LogP contribution in [0, 0.1) is 0 Å². The highest BCUT2D eigenvalue weighted by Gasteiger charge is 2.36. The lowest BCUT2D eigenvalue weighted by Crippen LogP contribution is -2.36. The second kappa shape index (κ2) is 10.4. The van der Waals surface area contributed by atoms with Crippen molar-refractivity contribution in [3.8, 4) is 23.0 Å². The van der Waals surface area contributed by atoms with Gasteiger partial charge in [0.15, 0.2) is 29.6 Å². The minimum atomic E-state index is -1.19. The van der Waals surface area contributed by atoms with Crippen LogP contribution < -0.4 is 24.3 Å². The van der Waals surface area contributed by atoms with Crippen LogP contribution in [0.1, 0.15) is 5.56 Å². The molecule has 0 aromatic heterocycles. The van der Waals surface area contributed by atoms with Gasteiger partial charge >= 0.3 is 5.97 Å². The van der Waals surface area contributed by atoms with Crippen molar-refractivity contribution in [2.45, 2.75) is 0 Å². The molecule has 0 spiro atoms. The van der Waals surface area contributed by atoms with E-state index in [1.165, 1.54) is 13.2 Å². The molecule has 0 radical (unpaired) electrons. The molecule has 0 aliphatic carbocycles. The number of para-hydroxylation sites is 1. The monoisotopic (exact) mass is 500 g/mol. The molecule has 35 heavy (non-hydrogen) atoms. The van der Waals surface area contributed by atoms with Crippen LogP contribution in [0.4, 0.5) is 10.5 Å². The lowest BCUT2D eigenvalue weighted by molar-refractivity contribution is -0.139. The minimum Gasteiger partial charge on any atom is -0.493 e. The van der Waals surface area contributed by atoms with Crippen LogP contribution in [0.2, 0.25) is 0 Å². The first-order chi connectivity index (χ1) is 16.9. The molecule has 0 bridgehead atoms. The average molecular weight is 500 g/mol. The Morgan fingerprint density at radius 2 is 1.94 bits per heavy atom. The molecule has 1 saturated heterocycles. The molecular formula is C23H20N2O9S. The van der Waals surface area contributed by atoms with Crippen LogP contribution >= 0.6 is 11.8 Å². The van der Waals surface area contributed by atoms with E-state index in [-0.39, 0.29) is 16.4 Å². The second-order valence-electron chi connectivity index (χ2n) is 7.24. The van der Waals surface area contributed by atoms with Crippen LogP contribution in [0.5, 0.6) is 23.0 Å². The van der Waals surface area contributed by atoms with Crippen LogP contribution in [-0.4, -0.2) is 66.5 Å². The number of imide groups is 1. The quantitative estimate of drug-likeness (QED) is 0.520. The molecule has 4 rings (SSSR count). The fourth-order valence-corrected chi connectivity index (χ4v) is 4.17. The van der Waals surface area contributed by atoms with Gasteiger partial charge in [-0.2, -0.15) is 0 Å². The standard InChI is InChI=1S/C23H20N2O9S/c1-31-16-4-2-3-13(21(16)34-12-20(27)28)9-18-22(29)25(23(30)35-18)11-19(26)24-14-5-6-15-17(10-14)33-8-7-32-15/h2-6,9-10H,7-8,11-12H2,1H3,(H,24,26)(H,27,28)/b18-9+. The summed E-state index contributed by atoms with van der Waals surface area (Å²) in [6.07, 6.45) is 1.39. The van der Waals surface area contributed by atoms with Crippen LogP contribution in [0.25, 0.3) is 6.08 Å². The van der Waals surface area contributed by atoms with Gasteiger partial charge in [-0.3, -0.25) is 19.3 Å². The fourth-order valence-electron chi connectivity index (χ4n) is 3.34. The molecule has 2 aliphatic rings. The van der Waals surface area contributed by atoms with Gasteiger partial charge in [0.25, 0.3) is 11.1 Å². The number of amides is 3. The summed E-state index contributed by atoms with van der Waals surface area (Å²) < 4.78 is 21.5. The number of methoxy groups -OCH3 is 1. The summed E-state index contributed by atoms with van der Waals surface area (Å²) in [5.74, 6) is -0.997. The SMILES string of the molecule is COc1cccc(/C=C2/SC(=O)N(CC(=O)Nc3ccc4c(c3)OCCO4)C2=O)c1OCC(=O)O. The van der Waals surface area contributed by atoms with Crippen molar-refractivity contribution in [1.29, 1.82) is 0 Å². The molecule has 1 fully saturated rings. The third kappa shape index (κ3) is 5.49. The number of nitrogens with one attached hydrogen (secondary N) is 1. The molecular weight excluding hydrogens is 480 g/mol. The minimum absolute atomic E-state index is 0.0514. The van der Waals surface area contributed by atoms with Crippen molar-refractivity contribution < 1.29 is 43.2 Å². The summed E-state index contributed by atoms with van der Waals surface area (Å²) in [5.41, 5.74) is 0.773. The first kappa shape index (κ1) is 24.0. The fraction of sp³-hybridized carbons (Fsp3) is 0.217. The topological polar surface area (TPSA) is 141 Å². The van der Waals surface area contributed by atoms with Crippen molar-refractivity contribution in [2.24, 2.45) is 0 Å². The van der Waals surface area contributed by atoms with Gasteiger partial charge in [0.1, 0.15) is 19.8 Å². The van der Waals surface area contributed by atoms with E-state index in [0.29, 0.717) is 47.7 Å². The predicted octanol–water partition coefficient (Wildman–Crippen LogP) is 2.60. The zero-order valence-electron chi connectivity index (χ0n) is 18.4. The number of aliphatic carboxylic acids is 1. The third-order valence-electron chi connectivity index (χ3n) is 4.86. The number of hydrogen-bond donors (Lipinski definition) is 2. The highest BCUT2D eigenvalue weighted by atomic mass is 32.2. The predicted molar refractivity (Wildman–Crippen MR) is 125 cm³/mol. The van der Waals surface area contributed by atoms with Gasteiger partial charge in [0, 0.05) is 17.3 Å². The van der Waals surface area contributed by atoms with E-state index >= 15 is 0 Å². The summed E-state index contributed by atoms with van der Waals surface area (Å²) in [7, 11) is 1.39. The molecule has 12 heteroatoms. The number of thioether (sulfide) groups is 1. The Morgan fingerprint density at radius 3 is 2.69 bits per heavy atom. The number of carboxylic acids is 1. The number of carboxylic acid groups (broad SMARTS) is 1. The summed E-state index contributed by atoms with van der Waals surface area (Å²) in [6, 6.07) is 9.67. The van der Waals surface area contributed by atoms with Crippen molar-refractivity contribution in [3.63, 3.8) is 0 Å². The second-order valence-corrected chi connectivity index (χ2v) is 8.23. The van der Waals surface area contributed by atoms with E-state index < -0.39 is 36.2 Å². The van der Waals surface area contributed by atoms with Crippen LogP contribution in [0.3, 0.4) is 0 Å². The van der Waals surface area contributed by atoms with Crippen molar-refractivity contribution in [3.05, 3.63) is 46.9 Å². The first-order valence-electron chi connectivity index (χ1n) is 10.3. The average Bonchev–Trinajstić information content (AvgIpc) is 3.10. The molecule has 2 aromatic carbocycles. The highest BCUT2D eigenvalue weighted by molar-refractivity contribution is 8.18. The molecule has 0 saturated carbocycles. The van der Waals surface area contributed by atoms with Crippen LogP contribution in [-0.2, 0) is 14.4 Å². The maximum absolute atomic E-state index is 12.9. The summed E-state index contributed by atoms with van der Waals surface area (Å²) in [6.45, 7) is -0.280. The zero-order chi connectivity index (χ0) is 24.9. The number of hydrogen-bond acceptors (Lipinski definition) is 9. The summed E-state index contributed by atoms with van der Waals surface area (Å²) in [4.78, 5) is 49.7. The lowest BCUT2D eigenvalue weighted by atomic mass is 10.1. The smallest absolute Gasteiger partial charge is 0.341 e. The number of carbonyl (C=O) groups excluding carboxylic acids is 3. The number of ether oxygens (including phenoxy) is 4. The largest absolute Gasteiger partial charge is 0.493 e. The van der Waals surface area contributed by atoms with Crippen molar-refractivity contribution in [1.82, 2.24) is 4.90 Å². The highest BCUT2D eigenvalue weighted by Crippen LogP contribution is 2.37. The molecule has 182 valence electrons. The maximum Gasteiger partial charge on any atom is 0.341 e. The Labute approximate surface area is 203 Å². The van der Waals surface area contributed by atoms with Gasteiger partial charge in [0.2, 0.25) is 5.91 Å². The van der Waals surface area contributed by atoms with Gasteiger partial charge in [0.05, 0.1) is 12.0 Å². The molecule has 0 atom stereocenters. The van der Waals surface area contributed by atoms with Gasteiger partial charge in [-0.05, 0) is 36.0 Å². The first-order valence-corrected chi connectivity index (χ1v) is 11.1. The van der Waals surface area contributed by atoms with Gasteiger partial charge in [-0.25, -0.2) is 4.79 Å². The van der Waals surface area contributed by atoms with Crippen molar-refractivity contribution in [2.75, 3.05) is 38.8 Å². The number of anilines is 1. The van der Waals surface area contributed by atoms with E-state index in [1.54, 1.807) is 36.4 Å². The number of carbonyl (C=O) groups is 4. The Hall–Kier alpha value is -4.19. The Morgan fingerprint density at radius 1 is 1.17 bits per heavy atom. The molecule has 2 heterocycles. The number of benzene rings is 2. The number of fused-ring (bicyclic) bond motifs is 1. The van der Waals surface area contributed by atoms with Gasteiger partial charge in [-0.15, -0.1) is 0 Å². The molecule has 11 nitrogen and oxygen atoms in total. The molecule has 2 N–H and O–H groups in total. The number of nitrogens with zero attached hydrogens (tertiary/aromatic N) is 1. The lowest BCUT2D eigenvalue weighted by Gasteiger charge is -2.19. The van der Waals surface area contributed by atoms with Crippen LogP contribution in [0.15, 0.2) is 41.3 Å². The normalized spacial score (nSPS) is 15.8. The molecule has 3 amide bonds. The third-order valence-corrected chi connectivity index (χ3v) is 5.76. The molecule has 0 unspecified atom stereocenters. The Kier molecular flexibility index (Phi) is 7.11. The summed E-state index contributed by atoms with van der Waals surface area (Å²) in [5, 5.41) is 10.9. The van der Waals surface area contributed by atoms with E-state index in [0.717, 1.165) is 4.90 Å². The van der Waals surface area contributed by atoms with E-state index in [1.807, 2.05) is 0 Å². The Bertz CT molecular complexity index is 1230. The molecule has 2 aliphatic heterocycles. The van der Waals surface area contributed by atoms with E-state index in [9.17, 15) is 19.2 Å². The number of rotatable bonds is 8. The van der Waals surface area contributed by atoms with Crippen molar-refractivity contribution >= 4 is 46.5 Å². The van der Waals surface area contributed by atoms with E-state index in [4.69, 9.17) is 24.1 Å². The van der Waals surface area contributed by atoms with Gasteiger partial charge < -0.3 is 29.4 Å². The zero-order valence-corrected chi connectivity index (χ0v) is 19.3. The van der Waals surface area contributed by atoms with E-state index in [2.05, 4.69) is 5.32 Å². The van der Waals surface area contributed by atoms with Gasteiger partial charge in [-0.1, -0.05) is 12.1 Å². The summed E-state index contributed by atoms with van der Waals surface area (Å²) >= 11 is 0.659.